The second-order valence-corrected chi connectivity index (χ2v) is 6.93. The van der Waals surface area contributed by atoms with E-state index in [4.69, 9.17) is 4.42 Å². The molecule has 1 N–H and O–H groups in total. The Morgan fingerprint density at radius 3 is 2.85 bits per heavy atom. The molecule has 9 heteroatoms. The summed E-state index contributed by atoms with van der Waals surface area (Å²) in [5, 5.41) is 7.42. The quantitative estimate of drug-likeness (QED) is 0.584. The van der Waals surface area contributed by atoms with E-state index in [1.54, 1.807) is 25.1 Å². The molecule has 3 aromatic heterocycles. The molecule has 0 atom stereocenters. The highest BCUT2D eigenvalue weighted by Crippen LogP contribution is 2.29. The van der Waals surface area contributed by atoms with E-state index in [0.717, 1.165) is 4.68 Å². The number of benzene rings is 1. The average molecular weight is 384 g/mol. The van der Waals surface area contributed by atoms with E-state index in [2.05, 4.69) is 15.4 Å². The van der Waals surface area contributed by atoms with E-state index >= 15 is 0 Å². The number of anilines is 1. The van der Waals surface area contributed by atoms with Gasteiger partial charge in [-0.15, -0.1) is 11.3 Å². The summed E-state index contributed by atoms with van der Waals surface area (Å²) in [6.45, 7) is 1.40. The summed E-state index contributed by atoms with van der Waals surface area (Å²) in [7, 11) is 0. The maximum absolute atomic E-state index is 13.7. The Morgan fingerprint density at radius 2 is 2.11 bits per heavy atom. The van der Waals surface area contributed by atoms with Gasteiger partial charge in [0.15, 0.2) is 11.3 Å². The third kappa shape index (κ3) is 3.24. The molecule has 0 bridgehead atoms. The monoisotopic (exact) mass is 384 g/mol. The van der Waals surface area contributed by atoms with Gasteiger partial charge in [-0.2, -0.15) is 5.10 Å². The molecule has 7 nitrogen and oxygen atoms in total. The molecule has 1 amide bonds. The van der Waals surface area contributed by atoms with Crippen LogP contribution in [0.1, 0.15) is 5.01 Å². The number of hydrogen-bond donors (Lipinski definition) is 1. The highest BCUT2D eigenvalue weighted by Gasteiger charge is 2.19. The number of aromatic nitrogens is 3. The number of rotatable bonds is 4. The summed E-state index contributed by atoms with van der Waals surface area (Å²) in [4.78, 5) is 29.2. The van der Waals surface area contributed by atoms with Gasteiger partial charge in [-0.1, -0.05) is 12.1 Å². The maximum atomic E-state index is 13.7. The van der Waals surface area contributed by atoms with Crippen LogP contribution in [0, 0.1) is 12.7 Å². The predicted octanol–water partition coefficient (Wildman–Crippen LogP) is 3.20. The van der Waals surface area contributed by atoms with Gasteiger partial charge in [0, 0.05) is 0 Å². The molecule has 0 unspecified atom stereocenters. The van der Waals surface area contributed by atoms with Gasteiger partial charge >= 0.3 is 0 Å². The number of carbonyl (C=O) groups is 1. The summed E-state index contributed by atoms with van der Waals surface area (Å²) in [5.74, 6) is -0.675. The largest absolute Gasteiger partial charge is 0.463 e. The van der Waals surface area contributed by atoms with Gasteiger partial charge in [0.2, 0.25) is 5.91 Å². The fourth-order valence-corrected chi connectivity index (χ4v) is 3.54. The molecular formula is C18H13FN4O3S. The number of amides is 1. The molecule has 0 aliphatic rings. The number of para-hydroxylation sites is 1. The van der Waals surface area contributed by atoms with Crippen LogP contribution in [0.25, 0.3) is 21.7 Å². The summed E-state index contributed by atoms with van der Waals surface area (Å²) in [6.07, 6.45) is 1.50. The van der Waals surface area contributed by atoms with Crippen molar-refractivity contribution in [3.05, 3.63) is 63.8 Å². The summed E-state index contributed by atoms with van der Waals surface area (Å²) < 4.78 is 20.7. The maximum Gasteiger partial charge on any atom is 0.294 e. The Morgan fingerprint density at radius 1 is 1.30 bits per heavy atom. The Hall–Kier alpha value is -3.33. The van der Waals surface area contributed by atoms with Crippen LogP contribution in [0.2, 0.25) is 0 Å². The number of halogens is 1. The van der Waals surface area contributed by atoms with Crippen LogP contribution in [0.4, 0.5) is 10.1 Å². The molecule has 0 saturated heterocycles. The lowest BCUT2D eigenvalue weighted by Gasteiger charge is -2.09. The summed E-state index contributed by atoms with van der Waals surface area (Å²) in [6, 6.07) is 9.21. The van der Waals surface area contributed by atoms with Gasteiger partial charge in [0.25, 0.3) is 5.56 Å². The van der Waals surface area contributed by atoms with E-state index < -0.39 is 17.3 Å². The minimum absolute atomic E-state index is 0.0346. The molecule has 4 aromatic rings. The van der Waals surface area contributed by atoms with Crippen LogP contribution in [0.5, 0.6) is 0 Å². The lowest BCUT2D eigenvalue weighted by molar-refractivity contribution is -0.117. The van der Waals surface area contributed by atoms with Gasteiger partial charge in [0.05, 0.1) is 21.7 Å². The third-order valence-corrected chi connectivity index (χ3v) is 4.78. The number of hydrogen-bond acceptors (Lipinski definition) is 6. The number of carbonyl (C=O) groups excluding carboxylic acids is 1. The van der Waals surface area contributed by atoms with Crippen LogP contribution < -0.4 is 10.9 Å². The number of furan rings is 1. The van der Waals surface area contributed by atoms with Crippen molar-refractivity contribution in [2.24, 2.45) is 0 Å². The molecule has 136 valence electrons. The first-order valence-corrected chi connectivity index (χ1v) is 8.81. The van der Waals surface area contributed by atoms with Crippen LogP contribution in [0.15, 0.2) is 51.9 Å². The first-order chi connectivity index (χ1) is 13.0. The van der Waals surface area contributed by atoms with Gasteiger partial charge < -0.3 is 9.73 Å². The van der Waals surface area contributed by atoms with Crippen molar-refractivity contribution >= 4 is 33.1 Å². The van der Waals surface area contributed by atoms with Crippen molar-refractivity contribution in [2.75, 3.05) is 5.32 Å². The fourth-order valence-electron chi connectivity index (χ4n) is 2.64. The van der Waals surface area contributed by atoms with Crippen molar-refractivity contribution in [1.82, 2.24) is 14.8 Å². The van der Waals surface area contributed by atoms with Gasteiger partial charge in [0.1, 0.15) is 18.1 Å². The van der Waals surface area contributed by atoms with Crippen LogP contribution in [-0.4, -0.2) is 20.7 Å². The highest BCUT2D eigenvalue weighted by atomic mass is 32.1. The average Bonchev–Trinajstić information content (AvgIpc) is 3.29. The zero-order valence-electron chi connectivity index (χ0n) is 14.1. The number of aryl methyl sites for hydroxylation is 1. The lowest BCUT2D eigenvalue weighted by atomic mass is 10.3. The van der Waals surface area contributed by atoms with E-state index in [9.17, 15) is 14.0 Å². The van der Waals surface area contributed by atoms with Crippen LogP contribution in [0.3, 0.4) is 0 Å². The van der Waals surface area contributed by atoms with E-state index in [1.807, 2.05) is 0 Å². The normalized spacial score (nSPS) is 11.0. The number of fused-ring (bicyclic) bond motifs is 1. The van der Waals surface area contributed by atoms with Gasteiger partial charge in [-0.25, -0.2) is 14.1 Å². The van der Waals surface area contributed by atoms with Crippen molar-refractivity contribution < 1.29 is 13.6 Å². The summed E-state index contributed by atoms with van der Waals surface area (Å²) >= 11 is 1.33. The molecule has 4 rings (SSSR count). The van der Waals surface area contributed by atoms with Crippen molar-refractivity contribution in [3.8, 4) is 11.5 Å². The molecule has 0 spiro atoms. The second kappa shape index (κ2) is 6.76. The van der Waals surface area contributed by atoms with Gasteiger partial charge in [-0.3, -0.25) is 9.59 Å². The van der Waals surface area contributed by atoms with E-state index in [1.165, 1.54) is 35.8 Å². The zero-order valence-corrected chi connectivity index (χ0v) is 14.9. The minimum atomic E-state index is -0.577. The van der Waals surface area contributed by atoms with Crippen LogP contribution >= 0.6 is 11.3 Å². The molecule has 0 aliphatic heterocycles. The molecule has 0 saturated carbocycles. The molecular weight excluding hydrogens is 371 g/mol. The van der Waals surface area contributed by atoms with Crippen molar-refractivity contribution in [2.45, 2.75) is 13.5 Å². The minimum Gasteiger partial charge on any atom is -0.463 e. The van der Waals surface area contributed by atoms with E-state index in [0.29, 0.717) is 21.2 Å². The van der Waals surface area contributed by atoms with E-state index in [-0.39, 0.29) is 17.7 Å². The zero-order chi connectivity index (χ0) is 19.0. The molecule has 0 fully saturated rings. The first kappa shape index (κ1) is 17.1. The van der Waals surface area contributed by atoms with Crippen molar-refractivity contribution in [1.29, 1.82) is 0 Å². The highest BCUT2D eigenvalue weighted by molar-refractivity contribution is 7.19. The molecule has 0 aliphatic carbocycles. The first-order valence-electron chi connectivity index (χ1n) is 7.99. The lowest BCUT2D eigenvalue weighted by Crippen LogP contribution is -2.30. The second-order valence-electron chi connectivity index (χ2n) is 5.73. The Balaban J connectivity index is 1.73. The fraction of sp³-hybridized carbons (Fsp3) is 0.111. The topological polar surface area (TPSA) is 90.0 Å². The number of nitrogens with one attached hydrogen (secondary N) is 1. The molecule has 1 aromatic carbocycles. The van der Waals surface area contributed by atoms with Crippen molar-refractivity contribution in [3.63, 3.8) is 0 Å². The predicted molar refractivity (Wildman–Crippen MR) is 99.1 cm³/mol. The number of nitrogens with zero attached hydrogens (tertiary/aromatic N) is 3. The third-order valence-electron chi connectivity index (χ3n) is 3.80. The smallest absolute Gasteiger partial charge is 0.294 e. The molecule has 27 heavy (non-hydrogen) atoms. The summed E-state index contributed by atoms with van der Waals surface area (Å²) in [5.41, 5.74) is 0.192. The SMILES string of the molecule is Cc1nc2c(=O)n(CC(=O)Nc3ccccc3F)nc(-c3ccco3)c2s1. The molecule has 0 radical (unpaired) electrons. The Kier molecular flexibility index (Phi) is 4.28. The van der Waals surface area contributed by atoms with Crippen LogP contribution in [-0.2, 0) is 11.3 Å². The Bertz CT molecular complexity index is 1200. The van der Waals surface area contributed by atoms with Gasteiger partial charge in [-0.05, 0) is 31.2 Å². The Labute approximate surface area is 156 Å². The number of thiazole rings is 1. The molecule has 3 heterocycles. The standard InChI is InChI=1S/C18H13FN4O3S/c1-10-20-16-17(27-10)15(13-7-4-8-26-13)22-23(18(16)25)9-14(24)21-12-6-3-2-5-11(12)19/h2-8H,9H2,1H3,(H,21,24).